The Labute approximate surface area is 163 Å². The van der Waals surface area contributed by atoms with E-state index >= 15 is 0 Å². The van der Waals surface area contributed by atoms with Crippen LogP contribution in [0.3, 0.4) is 0 Å². The maximum absolute atomic E-state index is 12.4. The van der Waals surface area contributed by atoms with Crippen LogP contribution in [0.2, 0.25) is 0 Å². The standard InChI is InChI=1S/C19H27F2N3O4/c1-12(2)9-22-19(26)23-17(25)11-24(14-5-6-14)10-13-4-7-15(28-18(20)21)16(8-13)27-3/h4,7-8,12,14,18H,5-6,9-11H2,1-3H3,(H2,22,23,25,26). The molecule has 0 unspecified atom stereocenters. The van der Waals surface area contributed by atoms with Gasteiger partial charge in [0, 0.05) is 19.1 Å². The van der Waals surface area contributed by atoms with E-state index in [4.69, 9.17) is 4.74 Å². The lowest BCUT2D eigenvalue weighted by Crippen LogP contribution is -2.45. The number of rotatable bonds is 10. The van der Waals surface area contributed by atoms with Crippen LogP contribution in [0.1, 0.15) is 32.3 Å². The number of halogens is 2. The van der Waals surface area contributed by atoms with Crippen LogP contribution in [0.25, 0.3) is 0 Å². The van der Waals surface area contributed by atoms with Gasteiger partial charge in [-0.3, -0.25) is 15.0 Å². The number of nitrogens with zero attached hydrogens (tertiary/aromatic N) is 1. The van der Waals surface area contributed by atoms with Gasteiger partial charge in [-0.05, 0) is 36.5 Å². The number of carbonyl (C=O) groups excluding carboxylic acids is 2. The van der Waals surface area contributed by atoms with E-state index in [0.717, 1.165) is 18.4 Å². The van der Waals surface area contributed by atoms with E-state index in [2.05, 4.69) is 15.4 Å². The molecular weight excluding hydrogens is 372 g/mol. The molecule has 156 valence electrons. The molecule has 3 amide bonds. The molecule has 0 atom stereocenters. The summed E-state index contributed by atoms with van der Waals surface area (Å²) in [6.45, 7) is 1.96. The van der Waals surface area contributed by atoms with Crippen molar-refractivity contribution in [2.75, 3.05) is 20.2 Å². The number of imide groups is 1. The Balaban J connectivity index is 1.95. The second kappa shape index (κ2) is 10.2. The lowest BCUT2D eigenvalue weighted by molar-refractivity contribution is -0.121. The van der Waals surface area contributed by atoms with Gasteiger partial charge >= 0.3 is 12.6 Å². The summed E-state index contributed by atoms with van der Waals surface area (Å²) in [5, 5.41) is 4.97. The van der Waals surface area contributed by atoms with E-state index in [1.807, 2.05) is 18.7 Å². The molecule has 1 aromatic carbocycles. The SMILES string of the molecule is COc1cc(CN(CC(=O)NC(=O)NCC(C)C)C2CC2)ccc1OC(F)F. The van der Waals surface area contributed by atoms with Crippen molar-refractivity contribution >= 4 is 11.9 Å². The summed E-state index contributed by atoms with van der Waals surface area (Å²) in [5.41, 5.74) is 0.794. The second-order valence-electron chi connectivity index (χ2n) is 7.15. The third kappa shape index (κ3) is 7.30. The number of methoxy groups -OCH3 is 1. The smallest absolute Gasteiger partial charge is 0.387 e. The Kier molecular flexibility index (Phi) is 7.98. The summed E-state index contributed by atoms with van der Waals surface area (Å²) in [6, 6.07) is 4.44. The van der Waals surface area contributed by atoms with Gasteiger partial charge in [0.25, 0.3) is 0 Å². The molecule has 0 bridgehead atoms. The van der Waals surface area contributed by atoms with Gasteiger partial charge in [-0.2, -0.15) is 8.78 Å². The minimum absolute atomic E-state index is 0.0428. The lowest BCUT2D eigenvalue weighted by Gasteiger charge is -2.22. The zero-order valence-corrected chi connectivity index (χ0v) is 16.3. The summed E-state index contributed by atoms with van der Waals surface area (Å²) < 4.78 is 34.4. The Morgan fingerprint density at radius 3 is 2.54 bits per heavy atom. The Morgan fingerprint density at radius 1 is 1.25 bits per heavy atom. The highest BCUT2D eigenvalue weighted by Crippen LogP contribution is 2.32. The fourth-order valence-corrected chi connectivity index (χ4v) is 2.68. The maximum atomic E-state index is 12.4. The molecular formula is C19H27F2N3O4. The first-order valence-electron chi connectivity index (χ1n) is 9.22. The van der Waals surface area contributed by atoms with Crippen LogP contribution < -0.4 is 20.1 Å². The number of hydrogen-bond acceptors (Lipinski definition) is 5. The normalized spacial score (nSPS) is 13.7. The van der Waals surface area contributed by atoms with E-state index in [1.165, 1.54) is 13.2 Å². The molecule has 0 radical (unpaired) electrons. The highest BCUT2D eigenvalue weighted by molar-refractivity contribution is 5.95. The van der Waals surface area contributed by atoms with Crippen molar-refractivity contribution in [3.63, 3.8) is 0 Å². The number of nitrogens with one attached hydrogen (secondary N) is 2. The molecule has 1 saturated carbocycles. The fraction of sp³-hybridized carbons (Fsp3) is 0.579. The Morgan fingerprint density at radius 2 is 1.96 bits per heavy atom. The largest absolute Gasteiger partial charge is 0.493 e. The summed E-state index contributed by atoms with van der Waals surface area (Å²) in [4.78, 5) is 25.9. The highest BCUT2D eigenvalue weighted by atomic mass is 19.3. The molecule has 1 fully saturated rings. The minimum atomic E-state index is -2.94. The average Bonchev–Trinajstić information content (AvgIpc) is 3.45. The molecule has 0 heterocycles. The van der Waals surface area contributed by atoms with E-state index in [-0.39, 0.29) is 30.0 Å². The minimum Gasteiger partial charge on any atom is -0.493 e. The van der Waals surface area contributed by atoms with Crippen LogP contribution in [0.15, 0.2) is 18.2 Å². The number of amides is 3. The van der Waals surface area contributed by atoms with Gasteiger partial charge in [0.15, 0.2) is 11.5 Å². The van der Waals surface area contributed by atoms with Crippen molar-refractivity contribution in [2.24, 2.45) is 5.92 Å². The molecule has 2 N–H and O–H groups in total. The average molecular weight is 399 g/mol. The van der Waals surface area contributed by atoms with Gasteiger partial charge in [-0.25, -0.2) is 4.79 Å². The molecule has 2 rings (SSSR count). The van der Waals surface area contributed by atoms with Crippen molar-refractivity contribution < 1.29 is 27.8 Å². The van der Waals surface area contributed by atoms with Crippen molar-refractivity contribution in [2.45, 2.75) is 45.9 Å². The van der Waals surface area contributed by atoms with Gasteiger partial charge in [0.1, 0.15) is 0 Å². The second-order valence-corrected chi connectivity index (χ2v) is 7.15. The Hall–Kier alpha value is -2.42. The van der Waals surface area contributed by atoms with Crippen molar-refractivity contribution in [1.29, 1.82) is 0 Å². The number of benzene rings is 1. The number of urea groups is 1. The number of ether oxygens (including phenoxy) is 2. The highest BCUT2D eigenvalue weighted by Gasteiger charge is 2.30. The first-order valence-corrected chi connectivity index (χ1v) is 9.22. The summed E-state index contributed by atoms with van der Waals surface area (Å²) >= 11 is 0. The van der Waals surface area contributed by atoms with Crippen molar-refractivity contribution in [3.8, 4) is 11.5 Å². The molecule has 9 heteroatoms. The van der Waals surface area contributed by atoms with Crippen LogP contribution in [-0.4, -0.2) is 49.7 Å². The van der Waals surface area contributed by atoms with E-state index < -0.39 is 18.5 Å². The molecule has 28 heavy (non-hydrogen) atoms. The van der Waals surface area contributed by atoms with Crippen molar-refractivity contribution in [3.05, 3.63) is 23.8 Å². The molecule has 0 saturated heterocycles. The summed E-state index contributed by atoms with van der Waals surface area (Å²) in [6.07, 6.45) is 1.94. The Bertz CT molecular complexity index is 681. The molecule has 1 aliphatic rings. The number of carbonyl (C=O) groups is 2. The van der Waals surface area contributed by atoms with Crippen LogP contribution in [-0.2, 0) is 11.3 Å². The topological polar surface area (TPSA) is 79.9 Å². The molecule has 1 aromatic rings. The van der Waals surface area contributed by atoms with E-state index in [9.17, 15) is 18.4 Å². The lowest BCUT2D eigenvalue weighted by atomic mass is 10.2. The summed E-state index contributed by atoms with van der Waals surface area (Å²) in [7, 11) is 1.37. The van der Waals surface area contributed by atoms with Gasteiger partial charge in [-0.1, -0.05) is 19.9 Å². The predicted octanol–water partition coefficient (Wildman–Crippen LogP) is 2.74. The number of hydrogen-bond donors (Lipinski definition) is 2. The predicted molar refractivity (Wildman–Crippen MR) is 99.4 cm³/mol. The van der Waals surface area contributed by atoms with Crippen LogP contribution in [0, 0.1) is 5.92 Å². The molecule has 7 nitrogen and oxygen atoms in total. The molecule has 0 aliphatic heterocycles. The molecule has 1 aliphatic carbocycles. The zero-order chi connectivity index (χ0) is 20.7. The van der Waals surface area contributed by atoms with Crippen LogP contribution >= 0.6 is 0 Å². The third-order valence-corrected chi connectivity index (χ3v) is 4.16. The molecule has 0 spiro atoms. The quantitative estimate of drug-likeness (QED) is 0.632. The molecule has 0 aromatic heterocycles. The first kappa shape index (κ1) is 21.9. The van der Waals surface area contributed by atoms with Crippen LogP contribution in [0.4, 0.5) is 13.6 Å². The summed E-state index contributed by atoms with van der Waals surface area (Å²) in [5.74, 6) is 0.0541. The van der Waals surface area contributed by atoms with Crippen LogP contribution in [0.5, 0.6) is 11.5 Å². The number of alkyl halides is 2. The van der Waals surface area contributed by atoms with Gasteiger partial charge in [0.2, 0.25) is 5.91 Å². The first-order chi connectivity index (χ1) is 13.3. The van der Waals surface area contributed by atoms with Gasteiger partial charge in [0.05, 0.1) is 13.7 Å². The maximum Gasteiger partial charge on any atom is 0.387 e. The van der Waals surface area contributed by atoms with E-state index in [0.29, 0.717) is 13.1 Å². The monoisotopic (exact) mass is 399 g/mol. The zero-order valence-electron chi connectivity index (χ0n) is 16.3. The van der Waals surface area contributed by atoms with Gasteiger partial charge < -0.3 is 14.8 Å². The van der Waals surface area contributed by atoms with Crippen molar-refractivity contribution in [1.82, 2.24) is 15.5 Å². The third-order valence-electron chi connectivity index (χ3n) is 4.16. The van der Waals surface area contributed by atoms with Gasteiger partial charge in [-0.15, -0.1) is 0 Å². The van der Waals surface area contributed by atoms with E-state index in [1.54, 1.807) is 12.1 Å². The fourth-order valence-electron chi connectivity index (χ4n) is 2.68.